The second-order valence-electron chi connectivity index (χ2n) is 8.58. The van der Waals surface area contributed by atoms with Crippen LogP contribution in [0.4, 0.5) is 0 Å². The highest BCUT2D eigenvalue weighted by Gasteiger charge is 2.53. The van der Waals surface area contributed by atoms with E-state index >= 15 is 0 Å². The molecule has 28 heavy (non-hydrogen) atoms. The van der Waals surface area contributed by atoms with Crippen LogP contribution in [-0.2, 0) is 14.8 Å². The minimum atomic E-state index is -3.49. The van der Waals surface area contributed by atoms with Crippen LogP contribution >= 0.6 is 0 Å². The van der Waals surface area contributed by atoms with Crippen molar-refractivity contribution in [3.63, 3.8) is 0 Å². The molecule has 0 unspecified atom stereocenters. The third-order valence-corrected chi connectivity index (χ3v) is 8.17. The molecule has 0 radical (unpaired) electrons. The van der Waals surface area contributed by atoms with Gasteiger partial charge in [-0.15, -0.1) is 0 Å². The van der Waals surface area contributed by atoms with Gasteiger partial charge in [0, 0.05) is 19.6 Å². The van der Waals surface area contributed by atoms with Crippen molar-refractivity contribution >= 4 is 15.9 Å². The molecule has 2 atom stereocenters. The van der Waals surface area contributed by atoms with Crippen molar-refractivity contribution in [2.45, 2.75) is 63.6 Å². The molecule has 6 nitrogen and oxygen atoms in total. The Morgan fingerprint density at radius 1 is 1.14 bits per heavy atom. The van der Waals surface area contributed by atoms with E-state index in [-0.39, 0.29) is 17.9 Å². The standard InChI is InChI=1S/C21H33N3O3S/c1-5-17(4)15-24-20(25)19(16(2)3)22-21(24)11-13-23(14-12-21)28(26,27)18-9-7-6-8-10-18/h6-10,16-17,19,22H,5,11-15H2,1-4H3/t17-,19+/m0/s1. The molecule has 2 heterocycles. The second kappa shape index (κ2) is 8.13. The first-order chi connectivity index (χ1) is 13.2. The van der Waals surface area contributed by atoms with Crippen LogP contribution in [0.15, 0.2) is 35.2 Å². The van der Waals surface area contributed by atoms with E-state index in [0.29, 0.717) is 36.7 Å². The van der Waals surface area contributed by atoms with Gasteiger partial charge in [-0.05, 0) is 36.8 Å². The van der Waals surface area contributed by atoms with E-state index < -0.39 is 15.7 Å². The molecule has 2 fully saturated rings. The molecular weight excluding hydrogens is 374 g/mol. The van der Waals surface area contributed by atoms with Gasteiger partial charge in [0.1, 0.15) is 0 Å². The average Bonchev–Trinajstić information content (AvgIpc) is 2.95. The number of hydrogen-bond donors (Lipinski definition) is 1. The molecule has 7 heteroatoms. The Balaban J connectivity index is 1.80. The quantitative estimate of drug-likeness (QED) is 0.787. The lowest BCUT2D eigenvalue weighted by molar-refractivity contribution is -0.134. The first kappa shape index (κ1) is 21.3. The first-order valence-electron chi connectivity index (χ1n) is 10.4. The maximum atomic E-state index is 13.1. The van der Waals surface area contributed by atoms with Crippen molar-refractivity contribution in [3.05, 3.63) is 30.3 Å². The lowest BCUT2D eigenvalue weighted by atomic mass is 9.95. The van der Waals surface area contributed by atoms with Gasteiger partial charge in [-0.25, -0.2) is 8.42 Å². The molecule has 156 valence electrons. The monoisotopic (exact) mass is 407 g/mol. The highest BCUT2D eigenvalue weighted by atomic mass is 32.2. The number of nitrogens with one attached hydrogen (secondary N) is 1. The lowest BCUT2D eigenvalue weighted by Gasteiger charge is -2.45. The normalized spacial score (nSPS) is 24.2. The van der Waals surface area contributed by atoms with Crippen LogP contribution in [0.2, 0.25) is 0 Å². The molecule has 1 N–H and O–H groups in total. The zero-order valence-corrected chi connectivity index (χ0v) is 18.2. The molecule has 2 aliphatic rings. The number of rotatable bonds is 6. The predicted octanol–water partition coefficient (Wildman–Crippen LogP) is 2.67. The zero-order valence-electron chi connectivity index (χ0n) is 17.4. The van der Waals surface area contributed by atoms with Gasteiger partial charge in [0.25, 0.3) is 0 Å². The highest BCUT2D eigenvalue weighted by Crippen LogP contribution is 2.36. The van der Waals surface area contributed by atoms with Gasteiger partial charge in [-0.1, -0.05) is 52.3 Å². The summed E-state index contributed by atoms with van der Waals surface area (Å²) >= 11 is 0. The van der Waals surface area contributed by atoms with E-state index in [1.165, 1.54) is 0 Å². The summed E-state index contributed by atoms with van der Waals surface area (Å²) in [6.45, 7) is 9.98. The van der Waals surface area contributed by atoms with Gasteiger partial charge in [-0.2, -0.15) is 4.31 Å². The third kappa shape index (κ3) is 3.84. The number of piperidine rings is 1. The van der Waals surface area contributed by atoms with Crippen molar-refractivity contribution in [1.29, 1.82) is 0 Å². The van der Waals surface area contributed by atoms with E-state index in [9.17, 15) is 13.2 Å². The summed E-state index contributed by atoms with van der Waals surface area (Å²) in [5.74, 6) is 0.784. The average molecular weight is 408 g/mol. The Morgan fingerprint density at radius 3 is 2.29 bits per heavy atom. The lowest BCUT2D eigenvalue weighted by Crippen LogP contribution is -2.60. The van der Waals surface area contributed by atoms with Crippen molar-refractivity contribution in [2.75, 3.05) is 19.6 Å². The minimum Gasteiger partial charge on any atom is -0.323 e. The number of carbonyl (C=O) groups is 1. The van der Waals surface area contributed by atoms with Crippen molar-refractivity contribution in [3.8, 4) is 0 Å². The summed E-state index contributed by atoms with van der Waals surface area (Å²) in [7, 11) is -3.49. The number of carbonyl (C=O) groups excluding carboxylic acids is 1. The van der Waals surface area contributed by atoms with Crippen molar-refractivity contribution < 1.29 is 13.2 Å². The molecule has 1 aromatic carbocycles. The molecule has 0 aliphatic carbocycles. The van der Waals surface area contributed by atoms with Gasteiger partial charge in [0.15, 0.2) is 0 Å². The van der Waals surface area contributed by atoms with Crippen molar-refractivity contribution in [1.82, 2.24) is 14.5 Å². The highest BCUT2D eigenvalue weighted by molar-refractivity contribution is 7.89. The van der Waals surface area contributed by atoms with Crippen LogP contribution in [0.5, 0.6) is 0 Å². The van der Waals surface area contributed by atoms with Crippen LogP contribution in [-0.4, -0.2) is 54.9 Å². The fraction of sp³-hybridized carbons (Fsp3) is 0.667. The number of nitrogens with zero attached hydrogens (tertiary/aromatic N) is 2. The Labute approximate surface area is 169 Å². The topological polar surface area (TPSA) is 69.7 Å². The fourth-order valence-electron chi connectivity index (χ4n) is 4.22. The van der Waals surface area contributed by atoms with Crippen LogP contribution < -0.4 is 5.32 Å². The molecule has 1 amide bonds. The predicted molar refractivity (Wildman–Crippen MR) is 110 cm³/mol. The van der Waals surface area contributed by atoms with Gasteiger partial charge in [0.2, 0.25) is 15.9 Å². The van der Waals surface area contributed by atoms with Gasteiger partial charge >= 0.3 is 0 Å². The fourth-order valence-corrected chi connectivity index (χ4v) is 5.68. The Bertz CT molecular complexity index is 786. The minimum absolute atomic E-state index is 0.162. The SMILES string of the molecule is CC[C@H](C)CN1C(=O)[C@@H](C(C)C)NC12CCN(S(=O)(=O)c1ccccc1)CC2. The maximum absolute atomic E-state index is 13.1. The molecule has 1 aromatic rings. The van der Waals surface area contributed by atoms with E-state index in [0.717, 1.165) is 13.0 Å². The summed E-state index contributed by atoms with van der Waals surface area (Å²) in [5, 5.41) is 3.60. The second-order valence-corrected chi connectivity index (χ2v) is 10.5. The first-order valence-corrected chi connectivity index (χ1v) is 11.8. The maximum Gasteiger partial charge on any atom is 0.243 e. The molecule has 0 bridgehead atoms. The van der Waals surface area contributed by atoms with E-state index in [4.69, 9.17) is 0 Å². The smallest absolute Gasteiger partial charge is 0.243 e. The molecule has 1 spiro atoms. The molecule has 2 aliphatic heterocycles. The van der Waals surface area contributed by atoms with E-state index in [2.05, 4.69) is 33.0 Å². The summed E-state index contributed by atoms with van der Waals surface area (Å²) in [6.07, 6.45) is 2.25. The Morgan fingerprint density at radius 2 is 1.75 bits per heavy atom. The van der Waals surface area contributed by atoms with E-state index in [1.807, 2.05) is 11.0 Å². The van der Waals surface area contributed by atoms with Crippen molar-refractivity contribution in [2.24, 2.45) is 11.8 Å². The molecular formula is C21H33N3O3S. The number of amides is 1. The van der Waals surface area contributed by atoms with Gasteiger partial charge < -0.3 is 4.90 Å². The van der Waals surface area contributed by atoms with Crippen LogP contribution in [0.1, 0.15) is 47.0 Å². The zero-order chi connectivity index (χ0) is 20.5. The van der Waals surface area contributed by atoms with Gasteiger partial charge in [0.05, 0.1) is 16.6 Å². The number of hydrogen-bond acceptors (Lipinski definition) is 4. The Kier molecular flexibility index (Phi) is 6.17. The molecule has 0 saturated carbocycles. The molecule has 3 rings (SSSR count). The van der Waals surface area contributed by atoms with Crippen LogP contribution in [0, 0.1) is 11.8 Å². The summed E-state index contributed by atoms with van der Waals surface area (Å²) in [6, 6.07) is 8.40. The van der Waals surface area contributed by atoms with Gasteiger partial charge in [-0.3, -0.25) is 10.1 Å². The number of sulfonamides is 1. The molecule has 2 saturated heterocycles. The summed E-state index contributed by atoms with van der Waals surface area (Å²) in [5.41, 5.74) is -0.432. The Hall–Kier alpha value is -1.44. The van der Waals surface area contributed by atoms with Crippen LogP contribution in [0.3, 0.4) is 0 Å². The largest absolute Gasteiger partial charge is 0.323 e. The summed E-state index contributed by atoms with van der Waals surface area (Å²) in [4.78, 5) is 15.4. The number of benzene rings is 1. The van der Waals surface area contributed by atoms with E-state index in [1.54, 1.807) is 28.6 Å². The third-order valence-electron chi connectivity index (χ3n) is 6.26. The van der Waals surface area contributed by atoms with Crippen LogP contribution in [0.25, 0.3) is 0 Å². The molecule has 0 aromatic heterocycles. The summed E-state index contributed by atoms with van der Waals surface area (Å²) < 4.78 is 27.5.